The number of benzene rings is 2. The molecule has 0 radical (unpaired) electrons. The molecule has 108 valence electrons. The minimum Gasteiger partial charge on any atom is -0.0901 e. The van der Waals surface area contributed by atoms with Crippen LogP contribution in [0.4, 0.5) is 0 Å². The van der Waals surface area contributed by atoms with E-state index in [4.69, 9.17) is 0 Å². The molecule has 1 heteroatoms. The summed E-state index contributed by atoms with van der Waals surface area (Å²) in [5, 5.41) is 0. The van der Waals surface area contributed by atoms with Crippen molar-refractivity contribution in [3.05, 3.63) is 59.7 Å². The van der Waals surface area contributed by atoms with E-state index in [1.165, 1.54) is 59.4 Å². The second-order valence-electron chi connectivity index (χ2n) is 6.50. The molecule has 0 aliphatic heterocycles. The van der Waals surface area contributed by atoms with Gasteiger partial charge in [-0.25, -0.2) is 0 Å². The lowest BCUT2D eigenvalue weighted by Crippen LogP contribution is -2.08. The molecule has 21 heavy (non-hydrogen) atoms. The largest absolute Gasteiger partial charge is 0.0901 e. The lowest BCUT2D eigenvalue weighted by Gasteiger charge is -2.26. The van der Waals surface area contributed by atoms with Crippen LogP contribution in [0.15, 0.2) is 58.3 Å². The van der Waals surface area contributed by atoms with Crippen LogP contribution in [0.2, 0.25) is 0 Å². The Balaban J connectivity index is 1.42. The third kappa shape index (κ3) is 2.89. The van der Waals surface area contributed by atoms with Crippen LogP contribution in [0, 0.1) is 0 Å². The van der Waals surface area contributed by atoms with Gasteiger partial charge in [0.1, 0.15) is 0 Å². The minimum atomic E-state index is 0.839. The molecule has 0 nitrogen and oxygen atoms in total. The molecule has 0 unspecified atom stereocenters. The standard InChI is InChI=1S/C20H22S/c1-3-15(4-1)17-7-11-19(12-8-17)21-20-13-9-18(10-14-20)16-5-2-6-16/h7-16H,1-6H2. The fraction of sp³-hybridized carbons (Fsp3) is 0.400. The number of hydrogen-bond acceptors (Lipinski definition) is 1. The Morgan fingerprint density at radius 1 is 0.571 bits per heavy atom. The second-order valence-corrected chi connectivity index (χ2v) is 7.64. The Bertz CT molecular complexity index is 533. The van der Waals surface area contributed by atoms with Crippen LogP contribution in [0.25, 0.3) is 0 Å². The van der Waals surface area contributed by atoms with Gasteiger partial charge >= 0.3 is 0 Å². The first-order valence-electron chi connectivity index (χ1n) is 8.26. The first-order chi connectivity index (χ1) is 10.4. The van der Waals surface area contributed by atoms with Gasteiger partial charge in [0.2, 0.25) is 0 Å². The molecule has 0 spiro atoms. The Labute approximate surface area is 132 Å². The highest BCUT2D eigenvalue weighted by Crippen LogP contribution is 2.39. The normalized spacial score (nSPS) is 19.0. The molecule has 2 aliphatic carbocycles. The van der Waals surface area contributed by atoms with Crippen molar-refractivity contribution >= 4 is 11.8 Å². The molecule has 0 aromatic heterocycles. The van der Waals surface area contributed by atoms with Crippen molar-refractivity contribution in [2.75, 3.05) is 0 Å². The van der Waals surface area contributed by atoms with Crippen LogP contribution in [0.3, 0.4) is 0 Å². The first kappa shape index (κ1) is 13.5. The van der Waals surface area contributed by atoms with Crippen LogP contribution < -0.4 is 0 Å². The average Bonchev–Trinajstić information content (AvgIpc) is 2.39. The number of rotatable bonds is 4. The van der Waals surface area contributed by atoms with Crippen molar-refractivity contribution in [1.82, 2.24) is 0 Å². The average molecular weight is 294 g/mol. The second kappa shape index (κ2) is 5.88. The Morgan fingerprint density at radius 3 is 1.24 bits per heavy atom. The lowest BCUT2D eigenvalue weighted by atomic mass is 9.80. The van der Waals surface area contributed by atoms with E-state index in [0.29, 0.717) is 0 Å². The van der Waals surface area contributed by atoms with E-state index in [2.05, 4.69) is 48.5 Å². The summed E-state index contributed by atoms with van der Waals surface area (Å²) in [4.78, 5) is 2.71. The third-order valence-electron chi connectivity index (χ3n) is 5.15. The van der Waals surface area contributed by atoms with E-state index in [-0.39, 0.29) is 0 Å². The zero-order valence-electron chi connectivity index (χ0n) is 12.4. The van der Waals surface area contributed by atoms with Crippen molar-refractivity contribution in [2.24, 2.45) is 0 Å². The summed E-state index contributed by atoms with van der Waals surface area (Å²) in [5.41, 5.74) is 3.07. The predicted molar refractivity (Wildman–Crippen MR) is 90.2 cm³/mol. The topological polar surface area (TPSA) is 0 Å². The molecule has 0 heterocycles. The van der Waals surface area contributed by atoms with Gasteiger partial charge in [-0.3, -0.25) is 0 Å². The van der Waals surface area contributed by atoms with Crippen LogP contribution >= 0.6 is 11.8 Å². The summed E-state index contributed by atoms with van der Waals surface area (Å²) in [6.07, 6.45) is 8.36. The molecule has 2 saturated carbocycles. The highest BCUT2D eigenvalue weighted by Gasteiger charge is 2.20. The fourth-order valence-electron chi connectivity index (χ4n) is 3.24. The monoisotopic (exact) mass is 294 g/mol. The van der Waals surface area contributed by atoms with E-state index in [1.807, 2.05) is 11.8 Å². The maximum Gasteiger partial charge on any atom is 0.0122 e. The lowest BCUT2D eigenvalue weighted by molar-refractivity contribution is 0.419. The van der Waals surface area contributed by atoms with E-state index in [9.17, 15) is 0 Å². The summed E-state index contributed by atoms with van der Waals surface area (Å²) in [6.45, 7) is 0. The molecule has 0 amide bonds. The number of hydrogen-bond donors (Lipinski definition) is 0. The molecule has 2 fully saturated rings. The van der Waals surface area contributed by atoms with Crippen molar-refractivity contribution in [3.63, 3.8) is 0 Å². The van der Waals surface area contributed by atoms with E-state index in [1.54, 1.807) is 0 Å². The molecule has 0 N–H and O–H groups in total. The van der Waals surface area contributed by atoms with Crippen LogP contribution in [-0.2, 0) is 0 Å². The molecule has 0 bridgehead atoms. The molecule has 2 aliphatic rings. The van der Waals surface area contributed by atoms with Crippen LogP contribution in [-0.4, -0.2) is 0 Å². The quantitative estimate of drug-likeness (QED) is 0.631. The predicted octanol–water partition coefficient (Wildman–Crippen LogP) is 6.37. The molecule has 4 rings (SSSR count). The van der Waals surface area contributed by atoms with Crippen molar-refractivity contribution in [3.8, 4) is 0 Å². The molecule has 0 saturated heterocycles. The summed E-state index contributed by atoms with van der Waals surface area (Å²) < 4.78 is 0. The molecular weight excluding hydrogens is 272 g/mol. The zero-order chi connectivity index (χ0) is 14.1. The van der Waals surface area contributed by atoms with Crippen molar-refractivity contribution < 1.29 is 0 Å². The maximum atomic E-state index is 2.33. The van der Waals surface area contributed by atoms with Gasteiger partial charge in [-0.1, -0.05) is 48.9 Å². The highest BCUT2D eigenvalue weighted by molar-refractivity contribution is 7.99. The fourth-order valence-corrected chi connectivity index (χ4v) is 4.05. The van der Waals surface area contributed by atoms with Crippen LogP contribution in [0.5, 0.6) is 0 Å². The molecule has 2 aromatic rings. The summed E-state index contributed by atoms with van der Waals surface area (Å²) >= 11 is 1.88. The van der Waals surface area contributed by atoms with Gasteiger partial charge in [-0.15, -0.1) is 0 Å². The molecular formula is C20H22S. The van der Waals surface area contributed by atoms with Gasteiger partial charge < -0.3 is 0 Å². The zero-order valence-corrected chi connectivity index (χ0v) is 13.2. The van der Waals surface area contributed by atoms with E-state index in [0.717, 1.165) is 11.8 Å². The summed E-state index contributed by atoms with van der Waals surface area (Å²) in [5.74, 6) is 1.68. The third-order valence-corrected chi connectivity index (χ3v) is 6.16. The Morgan fingerprint density at radius 2 is 0.952 bits per heavy atom. The van der Waals surface area contributed by atoms with E-state index >= 15 is 0 Å². The Hall–Kier alpha value is -1.21. The Kier molecular flexibility index (Phi) is 3.77. The van der Waals surface area contributed by atoms with Gasteiger partial charge in [0.05, 0.1) is 0 Å². The van der Waals surface area contributed by atoms with E-state index < -0.39 is 0 Å². The summed E-state index contributed by atoms with van der Waals surface area (Å²) in [7, 11) is 0. The highest BCUT2D eigenvalue weighted by atomic mass is 32.2. The molecule has 0 atom stereocenters. The molecule has 2 aromatic carbocycles. The maximum absolute atomic E-state index is 2.33. The van der Waals surface area contributed by atoms with Gasteiger partial charge in [0.25, 0.3) is 0 Å². The minimum absolute atomic E-state index is 0.839. The SMILES string of the molecule is c1cc(C2CCC2)ccc1Sc1ccc(C2CCC2)cc1. The van der Waals surface area contributed by atoms with Gasteiger partial charge in [0, 0.05) is 9.79 Å². The van der Waals surface area contributed by atoms with Crippen molar-refractivity contribution in [2.45, 2.75) is 60.2 Å². The van der Waals surface area contributed by atoms with Gasteiger partial charge in [0.15, 0.2) is 0 Å². The van der Waals surface area contributed by atoms with Crippen LogP contribution in [0.1, 0.15) is 61.5 Å². The van der Waals surface area contributed by atoms with Gasteiger partial charge in [-0.2, -0.15) is 0 Å². The van der Waals surface area contributed by atoms with Gasteiger partial charge in [-0.05, 0) is 72.9 Å². The van der Waals surface area contributed by atoms with Crippen molar-refractivity contribution in [1.29, 1.82) is 0 Å². The summed E-state index contributed by atoms with van der Waals surface area (Å²) in [6, 6.07) is 18.5. The smallest absolute Gasteiger partial charge is 0.0122 e. The first-order valence-corrected chi connectivity index (χ1v) is 9.08.